The van der Waals surface area contributed by atoms with E-state index in [0.717, 1.165) is 45.1 Å². The third-order valence-corrected chi connectivity index (χ3v) is 14.5. The molecule has 0 aliphatic carbocycles. The van der Waals surface area contributed by atoms with Gasteiger partial charge in [-0.15, -0.1) is 0 Å². The quantitative estimate of drug-likeness (QED) is 0.137. The first-order chi connectivity index (χ1) is 33.3. The predicted molar refractivity (Wildman–Crippen MR) is 288 cm³/mol. The second-order valence-corrected chi connectivity index (χ2v) is 20.6. The van der Waals surface area contributed by atoms with Crippen molar-refractivity contribution in [3.05, 3.63) is 240 Å². The summed E-state index contributed by atoms with van der Waals surface area (Å²) >= 11 is 0. The molecule has 0 saturated heterocycles. The molecule has 8 aromatic carbocycles. The maximum atomic E-state index is 6.87. The third kappa shape index (κ3) is 8.02. The molecular weight excluding hydrogens is 841 g/mol. The number of hydrogen-bond donors (Lipinski definition) is 0. The van der Waals surface area contributed by atoms with E-state index in [0.29, 0.717) is 6.67 Å². The summed E-state index contributed by atoms with van der Waals surface area (Å²) in [4.78, 5) is 9.90. The van der Waals surface area contributed by atoms with E-state index in [9.17, 15) is 0 Å². The van der Waals surface area contributed by atoms with Gasteiger partial charge in [0.2, 0.25) is 0 Å². The fraction of sp³-hybridized carbons (Fsp3) is 0.172. The van der Waals surface area contributed by atoms with Crippen molar-refractivity contribution in [3.63, 3.8) is 0 Å². The maximum Gasteiger partial charge on any atom is 0.137 e. The van der Waals surface area contributed by atoms with Crippen molar-refractivity contribution in [1.82, 2.24) is 9.55 Å². The van der Waals surface area contributed by atoms with Gasteiger partial charge in [0.15, 0.2) is 0 Å². The predicted octanol–water partition coefficient (Wildman–Crippen LogP) is 16.8. The molecule has 340 valence electrons. The fourth-order valence-electron chi connectivity index (χ4n) is 10.2. The van der Waals surface area contributed by atoms with Gasteiger partial charge in [-0.25, -0.2) is 4.98 Å². The summed E-state index contributed by atoms with van der Waals surface area (Å²) in [5, 5.41) is 2.32. The zero-order valence-electron chi connectivity index (χ0n) is 40.6. The highest BCUT2D eigenvalue weighted by atomic mass is 16.5. The Morgan fingerprint density at radius 1 is 0.406 bits per heavy atom. The zero-order chi connectivity index (χ0) is 47.5. The van der Waals surface area contributed by atoms with Crippen molar-refractivity contribution in [1.29, 1.82) is 0 Å². The van der Waals surface area contributed by atoms with E-state index >= 15 is 0 Å². The topological polar surface area (TPSA) is 33.5 Å². The zero-order valence-corrected chi connectivity index (χ0v) is 40.6. The molecule has 0 spiro atoms. The molecular formula is C64H58N4O. The first-order valence-electron chi connectivity index (χ1n) is 24.1. The molecule has 11 rings (SSSR count). The van der Waals surface area contributed by atoms with E-state index in [-0.39, 0.29) is 16.2 Å². The Morgan fingerprint density at radius 2 is 1.03 bits per heavy atom. The first-order valence-corrected chi connectivity index (χ1v) is 24.1. The van der Waals surface area contributed by atoms with Gasteiger partial charge in [0.1, 0.15) is 24.0 Å². The summed E-state index contributed by atoms with van der Waals surface area (Å²) in [6.45, 7) is 16.8. The lowest BCUT2D eigenvalue weighted by atomic mass is 9.78. The van der Waals surface area contributed by atoms with E-state index in [1.807, 2.05) is 6.20 Å². The number of rotatable bonds is 10. The van der Waals surface area contributed by atoms with Crippen molar-refractivity contribution in [3.8, 4) is 28.4 Å². The Hall–Kier alpha value is -7.89. The van der Waals surface area contributed by atoms with Crippen LogP contribution < -0.4 is 14.5 Å². The Morgan fingerprint density at radius 3 is 1.74 bits per heavy atom. The number of nitrogens with zero attached hydrogens (tertiary/aromatic N) is 4. The van der Waals surface area contributed by atoms with Gasteiger partial charge in [-0.3, -0.25) is 4.57 Å². The van der Waals surface area contributed by atoms with Crippen LogP contribution >= 0.6 is 0 Å². The lowest BCUT2D eigenvalue weighted by Gasteiger charge is -2.28. The molecule has 3 heterocycles. The monoisotopic (exact) mass is 898 g/mol. The van der Waals surface area contributed by atoms with Gasteiger partial charge in [-0.1, -0.05) is 176 Å². The van der Waals surface area contributed by atoms with Crippen LogP contribution in [0.2, 0.25) is 0 Å². The smallest absolute Gasteiger partial charge is 0.137 e. The molecule has 0 bridgehead atoms. The Kier molecular flexibility index (Phi) is 10.8. The molecule has 5 heteroatoms. The van der Waals surface area contributed by atoms with Crippen LogP contribution in [0.1, 0.15) is 76.3 Å². The molecule has 0 saturated carbocycles. The number of pyridine rings is 1. The molecule has 2 aromatic heterocycles. The van der Waals surface area contributed by atoms with Gasteiger partial charge >= 0.3 is 0 Å². The van der Waals surface area contributed by atoms with Crippen LogP contribution in [0.3, 0.4) is 0 Å². The van der Waals surface area contributed by atoms with Gasteiger partial charge in [0.25, 0.3) is 0 Å². The first kappa shape index (κ1) is 43.7. The van der Waals surface area contributed by atoms with E-state index in [4.69, 9.17) is 9.72 Å². The van der Waals surface area contributed by atoms with E-state index in [2.05, 4.69) is 269 Å². The molecule has 69 heavy (non-hydrogen) atoms. The minimum Gasteiger partial charge on any atom is -0.457 e. The molecule has 0 unspecified atom stereocenters. The average molecular weight is 899 g/mol. The second-order valence-electron chi connectivity index (χ2n) is 20.6. The van der Waals surface area contributed by atoms with Crippen LogP contribution in [-0.2, 0) is 16.2 Å². The second kappa shape index (κ2) is 17.0. The van der Waals surface area contributed by atoms with Crippen molar-refractivity contribution in [2.45, 2.75) is 64.7 Å². The highest BCUT2D eigenvalue weighted by molar-refractivity contribution is 6.09. The Balaban J connectivity index is 0.980. The van der Waals surface area contributed by atoms with Gasteiger partial charge in [-0.05, 0) is 111 Å². The third-order valence-electron chi connectivity index (χ3n) is 14.5. The average Bonchev–Trinajstić information content (AvgIpc) is 3.93. The van der Waals surface area contributed by atoms with E-state index in [1.54, 1.807) is 0 Å². The highest BCUT2D eigenvalue weighted by Gasteiger charge is 2.33. The molecule has 0 radical (unpaired) electrons. The number of para-hydroxylation sites is 1. The minimum atomic E-state index is -0.216. The highest BCUT2D eigenvalue weighted by Crippen LogP contribution is 2.49. The van der Waals surface area contributed by atoms with Crippen LogP contribution in [0.5, 0.6) is 11.5 Å². The number of fused-ring (bicyclic) bond motifs is 4. The SMILES string of the molecule is CC(C)(C)c1cc(-c2ccccc2)cc(N2CN(c3cccc(Oc4ccc5c6ccccc6n(-c6cc(C(C)(C)c7ccccc7)ccn6)c5c4)c3)c3ccc(C(C)(C)c4ccccc4)cc32)c1. The van der Waals surface area contributed by atoms with Crippen molar-refractivity contribution < 1.29 is 4.74 Å². The van der Waals surface area contributed by atoms with Crippen molar-refractivity contribution in [2.24, 2.45) is 0 Å². The largest absolute Gasteiger partial charge is 0.457 e. The summed E-state index contributed by atoms with van der Waals surface area (Å²) in [6, 6.07) is 74.4. The minimum absolute atomic E-state index is 0.0538. The normalized spacial score (nSPS) is 13.0. The van der Waals surface area contributed by atoms with E-state index in [1.165, 1.54) is 55.7 Å². The summed E-state index contributed by atoms with van der Waals surface area (Å²) in [5.74, 6) is 2.40. The van der Waals surface area contributed by atoms with Gasteiger partial charge in [-0.2, -0.15) is 0 Å². The molecule has 0 N–H and O–H groups in total. The number of benzene rings is 8. The standard InChI is InChI=1S/C64H58N4O/c1-62(2,3)50-36-45(44-20-11-8-12-21-44)37-52(38-50)67-43-66(58-33-30-48(39-60(58)67)63(4,5)46-22-13-9-14-23-46)51-26-19-27-53(41-51)69-54-31-32-56-55-28-17-18-29-57(55)68(59(56)42-54)61-40-49(34-35-65-61)64(6,7)47-24-15-10-16-25-47/h8-42H,43H2,1-7H3. The molecule has 5 nitrogen and oxygen atoms in total. The molecule has 1 aliphatic rings. The molecule has 0 amide bonds. The molecule has 10 aromatic rings. The van der Waals surface area contributed by atoms with Gasteiger partial charge < -0.3 is 14.5 Å². The number of anilines is 4. The van der Waals surface area contributed by atoms with Gasteiger partial charge in [0, 0.05) is 51.3 Å². The Bertz CT molecular complexity index is 3490. The van der Waals surface area contributed by atoms with E-state index < -0.39 is 0 Å². The van der Waals surface area contributed by atoms with Crippen LogP contribution in [0.4, 0.5) is 22.7 Å². The summed E-state index contributed by atoms with van der Waals surface area (Å²) in [6.07, 6.45) is 1.94. The van der Waals surface area contributed by atoms with Crippen molar-refractivity contribution in [2.75, 3.05) is 16.5 Å². The molecule has 0 atom stereocenters. The summed E-state index contributed by atoms with van der Waals surface area (Å²) in [5.41, 5.74) is 14.9. The molecule has 0 fully saturated rings. The van der Waals surface area contributed by atoms with Crippen LogP contribution in [-0.4, -0.2) is 16.2 Å². The number of ether oxygens (including phenoxy) is 1. The van der Waals surface area contributed by atoms with Gasteiger partial charge in [0.05, 0.1) is 22.4 Å². The van der Waals surface area contributed by atoms with Crippen LogP contribution in [0.25, 0.3) is 38.8 Å². The molecule has 1 aliphatic heterocycles. The lowest BCUT2D eigenvalue weighted by molar-refractivity contribution is 0.483. The number of aromatic nitrogens is 2. The lowest BCUT2D eigenvalue weighted by Crippen LogP contribution is -2.24. The van der Waals surface area contributed by atoms with Crippen molar-refractivity contribution >= 4 is 44.6 Å². The maximum absolute atomic E-state index is 6.87. The van der Waals surface area contributed by atoms with Crippen LogP contribution in [0.15, 0.2) is 212 Å². The Labute approximate surface area is 406 Å². The number of hydrogen-bond acceptors (Lipinski definition) is 4. The fourth-order valence-corrected chi connectivity index (χ4v) is 10.2. The summed E-state index contributed by atoms with van der Waals surface area (Å²) in [7, 11) is 0. The van der Waals surface area contributed by atoms with Crippen LogP contribution in [0, 0.1) is 0 Å². The summed E-state index contributed by atoms with van der Waals surface area (Å²) < 4.78 is 9.14.